The fourth-order valence-electron chi connectivity index (χ4n) is 12.8. The monoisotopic (exact) mass is 630 g/mol. The number of ether oxygens (including phenoxy) is 3. The Kier molecular flexibility index (Phi) is 7.00. The van der Waals surface area contributed by atoms with Crippen LogP contribution in [0.5, 0.6) is 11.5 Å². The molecule has 2 bridgehead atoms. The Morgan fingerprint density at radius 2 is 1.76 bits per heavy atom. The maximum atomic E-state index is 13.9. The topological polar surface area (TPSA) is 82.1 Å². The molecule has 1 aliphatic heterocycles. The minimum atomic E-state index is -0.527. The van der Waals surface area contributed by atoms with E-state index in [-0.39, 0.29) is 56.8 Å². The van der Waals surface area contributed by atoms with Crippen molar-refractivity contribution in [2.45, 2.75) is 112 Å². The van der Waals surface area contributed by atoms with Gasteiger partial charge >= 0.3 is 11.9 Å². The molecule has 1 N–H and O–H groups in total. The fourth-order valence-corrected chi connectivity index (χ4v) is 12.8. The average Bonchev–Trinajstić information content (AvgIpc) is 3.21. The van der Waals surface area contributed by atoms with Gasteiger partial charge in [0.25, 0.3) is 0 Å². The Labute approximate surface area is 275 Å². The second-order valence-electron chi connectivity index (χ2n) is 17.4. The lowest BCUT2D eigenvalue weighted by molar-refractivity contribution is -0.247. The number of benzene rings is 1. The van der Waals surface area contributed by atoms with Gasteiger partial charge in [0.1, 0.15) is 11.7 Å². The lowest BCUT2D eigenvalue weighted by atomic mass is 9.32. The zero-order chi connectivity index (χ0) is 33.1. The highest BCUT2D eigenvalue weighted by molar-refractivity contribution is 5.87. The highest BCUT2D eigenvalue weighted by Gasteiger charge is 2.80. The molecule has 0 aromatic heterocycles. The van der Waals surface area contributed by atoms with E-state index < -0.39 is 5.60 Å². The van der Waals surface area contributed by atoms with Gasteiger partial charge in [-0.2, -0.15) is 0 Å². The Morgan fingerprint density at radius 1 is 1.00 bits per heavy atom. The highest BCUT2D eigenvalue weighted by atomic mass is 16.6. The van der Waals surface area contributed by atoms with Crippen LogP contribution < -0.4 is 4.74 Å². The molecular formula is C40H54O6. The Hall–Kier alpha value is -2.76. The molecule has 6 nitrogen and oxygen atoms in total. The largest absolute Gasteiger partial charge is 0.504 e. The van der Waals surface area contributed by atoms with Crippen molar-refractivity contribution in [2.75, 3.05) is 7.11 Å². The number of esters is 2. The van der Waals surface area contributed by atoms with Crippen molar-refractivity contribution in [3.63, 3.8) is 0 Å². The van der Waals surface area contributed by atoms with Gasteiger partial charge in [-0.05, 0) is 116 Å². The number of rotatable bonds is 4. The molecule has 1 spiro atoms. The zero-order valence-electron chi connectivity index (χ0n) is 29.2. The fraction of sp³-hybridized carbons (Fsp3) is 0.700. The first-order valence-electron chi connectivity index (χ1n) is 17.8. The molecule has 3 unspecified atom stereocenters. The van der Waals surface area contributed by atoms with Crippen molar-refractivity contribution >= 4 is 18.0 Å². The van der Waals surface area contributed by atoms with Crippen LogP contribution in [0, 0.1) is 56.7 Å². The smallest absolute Gasteiger partial charge is 0.331 e. The second-order valence-corrected chi connectivity index (χ2v) is 17.4. The summed E-state index contributed by atoms with van der Waals surface area (Å²) >= 11 is 0. The van der Waals surface area contributed by atoms with E-state index in [1.54, 1.807) is 24.3 Å². The highest BCUT2D eigenvalue weighted by Crippen LogP contribution is 2.79. The Balaban J connectivity index is 1.16. The molecule has 46 heavy (non-hydrogen) atoms. The number of carbonyl (C=O) groups is 2. The summed E-state index contributed by atoms with van der Waals surface area (Å²) in [5.74, 6) is 2.20. The summed E-state index contributed by atoms with van der Waals surface area (Å²) in [6.45, 7) is 16.9. The summed E-state index contributed by atoms with van der Waals surface area (Å²) < 4.78 is 18.2. The minimum Gasteiger partial charge on any atom is -0.504 e. The molecule has 4 saturated carbocycles. The van der Waals surface area contributed by atoms with Crippen LogP contribution in [0.3, 0.4) is 0 Å². The maximum Gasteiger partial charge on any atom is 0.331 e. The van der Waals surface area contributed by atoms with Gasteiger partial charge in [0, 0.05) is 22.8 Å². The summed E-state index contributed by atoms with van der Waals surface area (Å²) in [5.41, 5.74) is -0.367. The van der Waals surface area contributed by atoms with Crippen molar-refractivity contribution in [1.82, 2.24) is 0 Å². The molecule has 11 atom stereocenters. The third kappa shape index (κ3) is 3.88. The Morgan fingerprint density at radius 3 is 2.50 bits per heavy atom. The second kappa shape index (κ2) is 10.1. The van der Waals surface area contributed by atoms with E-state index in [0.717, 1.165) is 56.9 Å². The predicted molar refractivity (Wildman–Crippen MR) is 178 cm³/mol. The number of fused-ring (bicyclic) bond motifs is 4. The molecular weight excluding hydrogens is 576 g/mol. The van der Waals surface area contributed by atoms with E-state index >= 15 is 0 Å². The van der Waals surface area contributed by atoms with Crippen molar-refractivity contribution in [3.8, 4) is 11.5 Å². The van der Waals surface area contributed by atoms with Crippen LogP contribution in [0.4, 0.5) is 0 Å². The van der Waals surface area contributed by atoms with Gasteiger partial charge in [0.15, 0.2) is 11.5 Å². The van der Waals surface area contributed by atoms with Crippen LogP contribution in [0.15, 0.2) is 36.4 Å². The number of carbonyl (C=O) groups excluding carboxylic acids is 2. The van der Waals surface area contributed by atoms with Gasteiger partial charge in [-0.1, -0.05) is 60.6 Å². The third-order valence-electron chi connectivity index (χ3n) is 15.6. The molecule has 1 heterocycles. The lowest BCUT2D eigenvalue weighted by Gasteiger charge is -2.72. The first kappa shape index (κ1) is 31.8. The van der Waals surface area contributed by atoms with Crippen LogP contribution in [-0.2, 0) is 19.1 Å². The summed E-state index contributed by atoms with van der Waals surface area (Å²) in [4.78, 5) is 27.0. The Bertz CT molecular complexity index is 1510. The van der Waals surface area contributed by atoms with E-state index in [1.165, 1.54) is 13.2 Å². The molecule has 1 saturated heterocycles. The maximum absolute atomic E-state index is 13.9. The number of phenols is 1. The number of methoxy groups -OCH3 is 1. The predicted octanol–water partition coefficient (Wildman–Crippen LogP) is 8.52. The zero-order valence-corrected chi connectivity index (χ0v) is 29.2. The molecule has 1 aromatic rings. The number of hydrogen-bond acceptors (Lipinski definition) is 6. The summed E-state index contributed by atoms with van der Waals surface area (Å²) in [6, 6.07) is 5.00. The summed E-state index contributed by atoms with van der Waals surface area (Å²) in [5, 5.41) is 9.90. The van der Waals surface area contributed by atoms with E-state index in [2.05, 4.69) is 60.6 Å². The number of phenolic OH excluding ortho intramolecular Hbond substituents is 1. The molecule has 0 radical (unpaired) electrons. The first-order chi connectivity index (χ1) is 21.6. The summed E-state index contributed by atoms with van der Waals surface area (Å²) in [6.07, 6.45) is 16.0. The van der Waals surface area contributed by atoms with Crippen LogP contribution >= 0.6 is 0 Å². The van der Waals surface area contributed by atoms with Crippen LogP contribution in [-0.4, -0.2) is 35.9 Å². The number of hydrogen-bond donors (Lipinski definition) is 1. The van der Waals surface area contributed by atoms with E-state index in [9.17, 15) is 14.7 Å². The van der Waals surface area contributed by atoms with Crippen molar-refractivity contribution in [3.05, 3.63) is 42.0 Å². The van der Waals surface area contributed by atoms with Crippen LogP contribution in [0.25, 0.3) is 6.08 Å². The van der Waals surface area contributed by atoms with Crippen molar-refractivity contribution in [1.29, 1.82) is 0 Å². The van der Waals surface area contributed by atoms with Crippen LogP contribution in [0.2, 0.25) is 0 Å². The summed E-state index contributed by atoms with van der Waals surface area (Å²) in [7, 11) is 1.51. The van der Waals surface area contributed by atoms with E-state index in [4.69, 9.17) is 14.2 Å². The molecule has 7 rings (SSSR count). The normalized spacial score (nSPS) is 46.8. The van der Waals surface area contributed by atoms with Crippen LogP contribution in [0.1, 0.15) is 105 Å². The number of allylic oxidation sites excluding steroid dienone is 1. The van der Waals surface area contributed by atoms with Crippen molar-refractivity contribution in [2.24, 2.45) is 56.7 Å². The van der Waals surface area contributed by atoms with Gasteiger partial charge in [-0.25, -0.2) is 4.79 Å². The standard InChI is InChI=1S/C40H54O6/c1-24-13-19-39-22-21-38(7)37(6)18-14-29-35(3,4)31(45-32(42)12-10-26-9-11-27(41)28(23-26)44-8)16-17-36(29,5)30(37)15-20-40(38,46-34(39)43)33(39)25(24)2/h9-12,15,20,23-25,29-31,33,41H,13-14,16-19,21-22H2,1-8H3/t24-,25+,29?,30?,31+,33?,36+,37-,38+,39+,40+/m1/s1. The molecule has 6 heteroatoms. The number of aromatic hydroxyl groups is 1. The lowest BCUT2D eigenvalue weighted by Crippen LogP contribution is -2.71. The molecule has 1 aromatic carbocycles. The van der Waals surface area contributed by atoms with Gasteiger partial charge in [-0.15, -0.1) is 0 Å². The third-order valence-corrected chi connectivity index (χ3v) is 15.6. The first-order valence-corrected chi connectivity index (χ1v) is 17.8. The van der Waals surface area contributed by atoms with Gasteiger partial charge in [0.2, 0.25) is 0 Å². The molecule has 6 aliphatic rings. The van der Waals surface area contributed by atoms with E-state index in [0.29, 0.717) is 29.4 Å². The molecule has 5 aliphatic carbocycles. The minimum absolute atomic E-state index is 0.00229. The van der Waals surface area contributed by atoms with E-state index in [1.807, 2.05) is 0 Å². The van der Waals surface area contributed by atoms with Crippen molar-refractivity contribution < 1.29 is 28.9 Å². The molecule has 5 fully saturated rings. The molecule has 250 valence electrons. The van der Waals surface area contributed by atoms with Gasteiger partial charge in [-0.3, -0.25) is 4.79 Å². The quantitative estimate of drug-likeness (QED) is 0.204. The SMILES string of the molecule is COc1cc(C=CC(=O)O[C@H]2CC[C@@]3(C)C(CC[C@]4(C)C3C=C[C@]35OC(=O)[C@@]6(CC[C@@H](C)[C@H](C)C63)CC[C@]54C)C2(C)C)ccc1O. The molecule has 0 amide bonds. The average molecular weight is 631 g/mol. The van der Waals surface area contributed by atoms with Gasteiger partial charge in [0.05, 0.1) is 12.5 Å². The van der Waals surface area contributed by atoms with Gasteiger partial charge < -0.3 is 19.3 Å².